The molecule has 1 atom stereocenters. The van der Waals surface area contributed by atoms with Crippen molar-refractivity contribution in [2.75, 3.05) is 5.73 Å². The van der Waals surface area contributed by atoms with Gasteiger partial charge in [0.25, 0.3) is 5.56 Å². The number of ether oxygens (including phenoxy) is 1. The van der Waals surface area contributed by atoms with Crippen LogP contribution >= 0.6 is 0 Å². The summed E-state index contributed by atoms with van der Waals surface area (Å²) < 4.78 is 4.95. The van der Waals surface area contributed by atoms with E-state index in [4.69, 9.17) is 10.5 Å². The molecular formula is C10H11N5O3. The molecular weight excluding hydrogens is 238 g/mol. The van der Waals surface area contributed by atoms with Gasteiger partial charge in [0.1, 0.15) is 11.8 Å². The third kappa shape index (κ3) is 2.26. The summed E-state index contributed by atoms with van der Waals surface area (Å²) in [6.07, 6.45) is 0.804. The van der Waals surface area contributed by atoms with Gasteiger partial charge >= 0.3 is 5.97 Å². The van der Waals surface area contributed by atoms with Crippen LogP contribution < -0.4 is 11.3 Å². The van der Waals surface area contributed by atoms with Crippen LogP contribution in [0.3, 0.4) is 0 Å². The number of rotatable bonds is 2. The molecule has 0 aliphatic rings. The van der Waals surface area contributed by atoms with Crippen molar-refractivity contribution >= 4 is 23.1 Å². The fraction of sp³-hybridized carbons (Fsp3) is 0.300. The van der Waals surface area contributed by atoms with E-state index in [2.05, 4.69) is 19.9 Å². The van der Waals surface area contributed by atoms with Crippen LogP contribution in [0.4, 0.5) is 5.95 Å². The molecule has 0 unspecified atom stereocenters. The number of carbonyl (C=O) groups excluding carboxylic acids is 1. The number of hydrogen-bond acceptors (Lipinski definition) is 7. The fourth-order valence-electron chi connectivity index (χ4n) is 1.45. The van der Waals surface area contributed by atoms with Crippen LogP contribution in [0.5, 0.6) is 0 Å². The molecule has 0 radical (unpaired) electrons. The molecule has 3 N–H and O–H groups in total. The van der Waals surface area contributed by atoms with E-state index >= 15 is 0 Å². The Labute approximate surface area is 101 Å². The van der Waals surface area contributed by atoms with Gasteiger partial charge in [0.2, 0.25) is 5.95 Å². The minimum atomic E-state index is -0.587. The van der Waals surface area contributed by atoms with Crippen molar-refractivity contribution in [1.82, 2.24) is 19.9 Å². The molecule has 0 aliphatic carbocycles. The number of anilines is 1. The fourth-order valence-corrected chi connectivity index (χ4v) is 1.45. The number of hydrogen-bond donors (Lipinski definition) is 2. The van der Waals surface area contributed by atoms with Crippen molar-refractivity contribution in [2.45, 2.75) is 20.0 Å². The number of H-pyrrole nitrogens is 1. The second-order valence-corrected chi connectivity index (χ2v) is 3.67. The highest BCUT2D eigenvalue weighted by molar-refractivity contribution is 5.69. The molecule has 0 aromatic carbocycles. The van der Waals surface area contributed by atoms with Crippen molar-refractivity contribution in [3.63, 3.8) is 0 Å². The summed E-state index contributed by atoms with van der Waals surface area (Å²) in [6, 6.07) is 0. The zero-order valence-corrected chi connectivity index (χ0v) is 9.80. The van der Waals surface area contributed by atoms with E-state index in [9.17, 15) is 9.59 Å². The summed E-state index contributed by atoms with van der Waals surface area (Å²) in [5, 5.41) is 0. The van der Waals surface area contributed by atoms with Gasteiger partial charge in [0.15, 0.2) is 11.2 Å². The molecule has 94 valence electrons. The van der Waals surface area contributed by atoms with Crippen molar-refractivity contribution in [3.8, 4) is 0 Å². The lowest BCUT2D eigenvalue weighted by Crippen LogP contribution is -2.15. The summed E-state index contributed by atoms with van der Waals surface area (Å²) >= 11 is 0. The van der Waals surface area contributed by atoms with Gasteiger partial charge in [-0.1, -0.05) is 0 Å². The molecule has 0 bridgehead atoms. The summed E-state index contributed by atoms with van der Waals surface area (Å²) in [5.74, 6) is -0.462. The Morgan fingerprint density at radius 2 is 2.22 bits per heavy atom. The third-order valence-corrected chi connectivity index (χ3v) is 2.21. The lowest BCUT2D eigenvalue weighted by Gasteiger charge is -2.10. The Morgan fingerprint density at radius 1 is 1.50 bits per heavy atom. The molecule has 0 saturated carbocycles. The van der Waals surface area contributed by atoms with E-state index in [1.165, 1.54) is 13.1 Å². The lowest BCUT2D eigenvalue weighted by atomic mass is 10.3. The van der Waals surface area contributed by atoms with Crippen molar-refractivity contribution in [1.29, 1.82) is 0 Å². The van der Waals surface area contributed by atoms with E-state index in [1.807, 2.05) is 0 Å². The summed E-state index contributed by atoms with van der Waals surface area (Å²) in [6.45, 7) is 2.93. The maximum atomic E-state index is 11.6. The quantitative estimate of drug-likeness (QED) is 0.713. The molecule has 0 fully saturated rings. The van der Waals surface area contributed by atoms with E-state index < -0.39 is 17.6 Å². The largest absolute Gasteiger partial charge is 0.456 e. The Bertz CT molecular complexity index is 666. The van der Waals surface area contributed by atoms with Crippen LogP contribution in [-0.2, 0) is 9.53 Å². The molecule has 2 heterocycles. The lowest BCUT2D eigenvalue weighted by molar-refractivity contribution is -0.145. The first-order valence-electron chi connectivity index (χ1n) is 5.17. The van der Waals surface area contributed by atoms with Gasteiger partial charge in [0, 0.05) is 6.92 Å². The highest BCUT2D eigenvalue weighted by Gasteiger charge is 2.13. The van der Waals surface area contributed by atoms with E-state index in [1.54, 1.807) is 6.92 Å². The molecule has 2 aromatic rings. The first-order valence-corrected chi connectivity index (χ1v) is 5.17. The Balaban J connectivity index is 2.50. The number of aromatic amines is 1. The van der Waals surface area contributed by atoms with Gasteiger partial charge in [-0.15, -0.1) is 0 Å². The molecule has 0 amide bonds. The highest BCUT2D eigenvalue weighted by Crippen LogP contribution is 2.14. The topological polar surface area (TPSA) is 124 Å². The Morgan fingerprint density at radius 3 is 2.89 bits per heavy atom. The predicted octanol–water partition coefficient (Wildman–Crippen LogP) is -0.0806. The third-order valence-electron chi connectivity index (χ3n) is 2.21. The number of esters is 1. The zero-order chi connectivity index (χ0) is 13.3. The monoisotopic (exact) mass is 249 g/mol. The summed E-state index contributed by atoms with van der Waals surface area (Å²) in [5.41, 5.74) is 5.47. The first-order chi connectivity index (χ1) is 8.47. The van der Waals surface area contributed by atoms with E-state index in [-0.39, 0.29) is 17.1 Å². The zero-order valence-electron chi connectivity index (χ0n) is 9.80. The molecule has 8 nitrogen and oxygen atoms in total. The molecule has 0 aliphatic heterocycles. The minimum Gasteiger partial charge on any atom is -0.456 e. The van der Waals surface area contributed by atoms with Crippen LogP contribution in [0, 0.1) is 0 Å². The Kier molecular flexibility index (Phi) is 2.92. The standard InChI is InChI=1S/C10H11N5O3/c1-4(18-5(2)16)6-3-12-8-7(13-6)9(17)15-10(11)14-8/h3-4H,1-2H3,(H3,11,12,14,15,17)/t4-/m0/s1. The van der Waals surface area contributed by atoms with Gasteiger partial charge in [0.05, 0.1) is 6.20 Å². The smallest absolute Gasteiger partial charge is 0.303 e. The van der Waals surface area contributed by atoms with Crippen LogP contribution in [-0.4, -0.2) is 25.9 Å². The second-order valence-electron chi connectivity index (χ2n) is 3.67. The molecule has 2 aromatic heterocycles. The predicted molar refractivity (Wildman–Crippen MR) is 62.5 cm³/mol. The number of nitrogens with zero attached hydrogens (tertiary/aromatic N) is 3. The second kappa shape index (κ2) is 4.40. The van der Waals surface area contributed by atoms with Gasteiger partial charge in [-0.05, 0) is 6.92 Å². The number of aromatic nitrogens is 4. The minimum absolute atomic E-state index is 0.0254. The maximum Gasteiger partial charge on any atom is 0.303 e. The van der Waals surface area contributed by atoms with Gasteiger partial charge in [-0.2, -0.15) is 4.98 Å². The molecule has 18 heavy (non-hydrogen) atoms. The summed E-state index contributed by atoms with van der Waals surface area (Å²) in [7, 11) is 0. The number of carbonyl (C=O) groups is 1. The molecule has 8 heteroatoms. The van der Waals surface area contributed by atoms with Crippen LogP contribution in [0.1, 0.15) is 25.6 Å². The summed E-state index contributed by atoms with van der Waals surface area (Å²) in [4.78, 5) is 36.6. The Hall–Kier alpha value is -2.51. The molecule has 0 saturated heterocycles. The maximum absolute atomic E-state index is 11.6. The first kappa shape index (κ1) is 12.0. The molecule has 2 rings (SSSR count). The van der Waals surface area contributed by atoms with Gasteiger partial charge in [-0.3, -0.25) is 14.6 Å². The van der Waals surface area contributed by atoms with Crippen LogP contribution in [0.25, 0.3) is 11.2 Å². The number of fused-ring (bicyclic) bond motifs is 1. The van der Waals surface area contributed by atoms with Crippen molar-refractivity contribution in [3.05, 3.63) is 22.2 Å². The number of nitrogens with one attached hydrogen (secondary N) is 1. The van der Waals surface area contributed by atoms with E-state index in [0.717, 1.165) is 0 Å². The SMILES string of the molecule is CC(=O)O[C@@H](C)c1cnc2nc(N)[nH]c(=O)c2n1. The molecule has 0 spiro atoms. The van der Waals surface area contributed by atoms with Crippen molar-refractivity contribution in [2.24, 2.45) is 0 Å². The van der Waals surface area contributed by atoms with Gasteiger partial charge in [-0.25, -0.2) is 9.97 Å². The van der Waals surface area contributed by atoms with E-state index in [0.29, 0.717) is 5.69 Å². The average molecular weight is 249 g/mol. The number of nitrogen functional groups attached to an aromatic ring is 1. The normalized spacial score (nSPS) is 12.3. The van der Waals surface area contributed by atoms with Crippen LogP contribution in [0.15, 0.2) is 11.0 Å². The number of nitrogens with two attached hydrogens (primary N) is 1. The van der Waals surface area contributed by atoms with Crippen LogP contribution in [0.2, 0.25) is 0 Å². The van der Waals surface area contributed by atoms with Crippen molar-refractivity contribution < 1.29 is 9.53 Å². The average Bonchev–Trinajstić information content (AvgIpc) is 2.27. The van der Waals surface area contributed by atoms with Gasteiger partial charge < -0.3 is 10.5 Å². The highest BCUT2D eigenvalue weighted by atomic mass is 16.5.